The lowest BCUT2D eigenvalue weighted by Gasteiger charge is -2.33. The average molecular weight is 401 g/mol. The Morgan fingerprint density at radius 2 is 1.68 bits per heavy atom. The van der Waals surface area contributed by atoms with Gasteiger partial charge in [0.05, 0.1) is 11.1 Å². The first kappa shape index (κ1) is 20.0. The minimum atomic E-state index is -3.53. The van der Waals surface area contributed by atoms with Crippen LogP contribution < -0.4 is 0 Å². The highest BCUT2D eigenvalue weighted by Gasteiger charge is 2.29. The summed E-state index contributed by atoms with van der Waals surface area (Å²) in [4.78, 5) is 19.2. The summed E-state index contributed by atoms with van der Waals surface area (Å²) in [5.74, 6) is -0.210. The number of carbonyl (C=O) groups is 1. The van der Waals surface area contributed by atoms with Gasteiger partial charge in [-0.1, -0.05) is 53.2 Å². The molecule has 0 bridgehead atoms. The van der Waals surface area contributed by atoms with Crippen molar-refractivity contribution >= 4 is 22.1 Å². The number of piperazine rings is 1. The van der Waals surface area contributed by atoms with Gasteiger partial charge in [-0.05, 0) is 24.6 Å². The maximum atomic E-state index is 12.6. The minimum absolute atomic E-state index is 0.173. The van der Waals surface area contributed by atoms with Crippen LogP contribution in [-0.2, 0) is 19.7 Å². The number of sulfonamides is 1. The van der Waals surface area contributed by atoms with E-state index in [-0.39, 0.29) is 30.5 Å². The van der Waals surface area contributed by atoms with E-state index >= 15 is 0 Å². The number of oxime groups is 1. The quantitative estimate of drug-likeness (QED) is 0.547. The summed E-state index contributed by atoms with van der Waals surface area (Å²) >= 11 is 0. The summed E-state index contributed by atoms with van der Waals surface area (Å²) < 4.78 is 26.6. The van der Waals surface area contributed by atoms with E-state index in [0.29, 0.717) is 13.1 Å². The van der Waals surface area contributed by atoms with Crippen molar-refractivity contribution in [3.63, 3.8) is 0 Å². The van der Waals surface area contributed by atoms with Gasteiger partial charge in [0.2, 0.25) is 10.0 Å². The van der Waals surface area contributed by atoms with Gasteiger partial charge in [-0.25, -0.2) is 8.42 Å². The number of nitrogens with zero attached hydrogens (tertiary/aromatic N) is 3. The van der Waals surface area contributed by atoms with Crippen molar-refractivity contribution in [3.8, 4) is 0 Å². The fourth-order valence-corrected chi connectivity index (χ4v) is 4.30. The molecule has 0 aliphatic carbocycles. The molecular weight excluding hydrogens is 378 g/mol. The third kappa shape index (κ3) is 4.96. The fourth-order valence-electron chi connectivity index (χ4n) is 2.85. The van der Waals surface area contributed by atoms with Crippen molar-refractivity contribution in [2.45, 2.75) is 11.8 Å². The van der Waals surface area contributed by atoms with Crippen molar-refractivity contribution in [1.82, 2.24) is 9.21 Å². The third-order valence-corrected chi connectivity index (χ3v) is 6.43. The number of carbonyl (C=O) groups excluding carboxylic acids is 1. The lowest BCUT2D eigenvalue weighted by molar-refractivity contribution is -0.137. The third-order valence-electron chi connectivity index (χ3n) is 4.51. The molecule has 3 rings (SSSR count). The maximum Gasteiger partial charge on any atom is 0.263 e. The van der Waals surface area contributed by atoms with Gasteiger partial charge in [-0.3, -0.25) is 4.79 Å². The number of aryl methyl sites for hydroxylation is 1. The zero-order chi connectivity index (χ0) is 20.0. The van der Waals surface area contributed by atoms with Gasteiger partial charge < -0.3 is 9.74 Å². The predicted molar refractivity (Wildman–Crippen MR) is 107 cm³/mol. The molecule has 0 saturated carbocycles. The van der Waals surface area contributed by atoms with Crippen LogP contribution in [-0.4, -0.2) is 62.5 Å². The first-order chi connectivity index (χ1) is 13.5. The van der Waals surface area contributed by atoms with E-state index in [1.807, 2.05) is 31.2 Å². The highest BCUT2D eigenvalue weighted by atomic mass is 32.2. The molecule has 28 heavy (non-hydrogen) atoms. The summed E-state index contributed by atoms with van der Waals surface area (Å²) in [6, 6.07) is 16.1. The Labute approximate surface area is 165 Å². The molecule has 1 saturated heterocycles. The van der Waals surface area contributed by atoms with Gasteiger partial charge in [-0.2, -0.15) is 4.31 Å². The second kappa shape index (κ2) is 8.99. The van der Waals surface area contributed by atoms with Gasteiger partial charge in [-0.15, -0.1) is 0 Å². The van der Waals surface area contributed by atoms with E-state index in [4.69, 9.17) is 4.84 Å². The predicted octanol–water partition coefficient (Wildman–Crippen LogP) is 1.88. The zero-order valence-electron chi connectivity index (χ0n) is 15.7. The molecule has 7 nitrogen and oxygen atoms in total. The van der Waals surface area contributed by atoms with Crippen molar-refractivity contribution in [3.05, 3.63) is 65.7 Å². The fraction of sp³-hybridized carbons (Fsp3) is 0.300. The molecule has 0 aromatic heterocycles. The van der Waals surface area contributed by atoms with E-state index < -0.39 is 10.0 Å². The molecule has 0 unspecified atom stereocenters. The standard InChI is InChI=1S/C20H23N3O4S/c1-17-7-9-18(10-8-17)15-21-27-16-20(24)22-11-13-23(14-12-22)28(25,26)19-5-3-2-4-6-19/h2-10,15H,11-14,16H2,1H3/b21-15-. The van der Waals surface area contributed by atoms with E-state index in [0.717, 1.165) is 11.1 Å². The smallest absolute Gasteiger partial charge is 0.263 e. The van der Waals surface area contributed by atoms with Gasteiger partial charge in [0.1, 0.15) is 0 Å². The second-order valence-corrected chi connectivity index (χ2v) is 8.45. The van der Waals surface area contributed by atoms with Crippen molar-refractivity contribution in [1.29, 1.82) is 0 Å². The van der Waals surface area contributed by atoms with E-state index in [1.165, 1.54) is 4.31 Å². The topological polar surface area (TPSA) is 79.3 Å². The van der Waals surface area contributed by atoms with Gasteiger partial charge in [0.25, 0.3) is 5.91 Å². The lowest BCUT2D eigenvalue weighted by Crippen LogP contribution is -2.51. The Morgan fingerprint density at radius 1 is 1.04 bits per heavy atom. The minimum Gasteiger partial charge on any atom is -0.386 e. The summed E-state index contributed by atoms with van der Waals surface area (Å²) in [6.45, 7) is 3.01. The van der Waals surface area contributed by atoms with Crippen molar-refractivity contribution in [2.75, 3.05) is 32.8 Å². The number of amides is 1. The van der Waals surface area contributed by atoms with Crippen LogP contribution >= 0.6 is 0 Å². The molecule has 1 aliphatic heterocycles. The Kier molecular flexibility index (Phi) is 6.43. The Morgan fingerprint density at radius 3 is 2.32 bits per heavy atom. The Bertz CT molecular complexity index is 920. The highest BCUT2D eigenvalue weighted by Crippen LogP contribution is 2.17. The summed E-state index contributed by atoms with van der Waals surface area (Å²) in [5.41, 5.74) is 2.04. The molecule has 0 atom stereocenters. The largest absolute Gasteiger partial charge is 0.386 e. The van der Waals surface area contributed by atoms with Crippen LogP contribution in [0.2, 0.25) is 0 Å². The highest BCUT2D eigenvalue weighted by molar-refractivity contribution is 7.89. The summed E-state index contributed by atoms with van der Waals surface area (Å²) in [7, 11) is -3.53. The van der Waals surface area contributed by atoms with Gasteiger partial charge >= 0.3 is 0 Å². The van der Waals surface area contributed by atoms with Crippen LogP contribution in [0.5, 0.6) is 0 Å². The van der Waals surface area contributed by atoms with Crippen LogP contribution in [0.15, 0.2) is 64.6 Å². The van der Waals surface area contributed by atoms with E-state index in [9.17, 15) is 13.2 Å². The van der Waals surface area contributed by atoms with Crippen LogP contribution in [0.3, 0.4) is 0 Å². The molecule has 2 aromatic rings. The molecular formula is C20H23N3O4S. The molecule has 8 heteroatoms. The second-order valence-electron chi connectivity index (χ2n) is 6.52. The van der Waals surface area contributed by atoms with Crippen LogP contribution in [0, 0.1) is 6.92 Å². The molecule has 1 fully saturated rings. The normalized spacial score (nSPS) is 15.7. The van der Waals surface area contributed by atoms with Crippen molar-refractivity contribution < 1.29 is 18.0 Å². The van der Waals surface area contributed by atoms with Gasteiger partial charge in [0.15, 0.2) is 6.61 Å². The SMILES string of the molecule is Cc1ccc(/C=N\OCC(=O)N2CCN(S(=O)(=O)c3ccccc3)CC2)cc1. The first-order valence-corrected chi connectivity index (χ1v) is 10.5. The number of hydrogen-bond donors (Lipinski definition) is 0. The molecule has 1 aliphatic rings. The molecule has 1 heterocycles. The van der Waals surface area contributed by atoms with Crippen LogP contribution in [0.1, 0.15) is 11.1 Å². The lowest BCUT2D eigenvalue weighted by atomic mass is 10.2. The van der Waals surface area contributed by atoms with E-state index in [2.05, 4.69) is 5.16 Å². The van der Waals surface area contributed by atoms with Crippen molar-refractivity contribution in [2.24, 2.45) is 5.16 Å². The molecule has 1 amide bonds. The number of benzene rings is 2. The first-order valence-electron chi connectivity index (χ1n) is 9.02. The molecule has 148 valence electrons. The Balaban J connectivity index is 1.47. The number of hydrogen-bond acceptors (Lipinski definition) is 5. The summed E-state index contributed by atoms with van der Waals surface area (Å²) in [5, 5.41) is 3.82. The molecule has 0 spiro atoms. The van der Waals surface area contributed by atoms with Gasteiger partial charge in [0, 0.05) is 26.2 Å². The monoisotopic (exact) mass is 401 g/mol. The number of rotatable bonds is 6. The zero-order valence-corrected chi connectivity index (χ0v) is 16.5. The van der Waals surface area contributed by atoms with Crippen LogP contribution in [0.25, 0.3) is 0 Å². The molecule has 0 N–H and O–H groups in total. The van der Waals surface area contributed by atoms with Crippen LogP contribution in [0.4, 0.5) is 0 Å². The Hall–Kier alpha value is -2.71. The molecule has 0 radical (unpaired) electrons. The summed E-state index contributed by atoms with van der Waals surface area (Å²) in [6.07, 6.45) is 1.55. The van der Waals surface area contributed by atoms with E-state index in [1.54, 1.807) is 41.4 Å². The molecule has 2 aromatic carbocycles. The maximum absolute atomic E-state index is 12.6. The average Bonchev–Trinajstić information content (AvgIpc) is 2.73.